The Morgan fingerprint density at radius 3 is 2.25 bits per heavy atom. The zero-order valence-electron chi connectivity index (χ0n) is 10.7. The van der Waals surface area contributed by atoms with Gasteiger partial charge in [0.15, 0.2) is 0 Å². The van der Waals surface area contributed by atoms with Gasteiger partial charge in [-0.2, -0.15) is 0 Å². The lowest BCUT2D eigenvalue weighted by molar-refractivity contribution is 0.0529. The number of piperazine rings is 1. The molecule has 16 heavy (non-hydrogen) atoms. The summed E-state index contributed by atoms with van der Waals surface area (Å²) in [5.74, 6) is 0. The second-order valence-electron chi connectivity index (χ2n) is 4.70. The van der Waals surface area contributed by atoms with E-state index in [1.165, 1.54) is 13.0 Å². The van der Waals surface area contributed by atoms with Crippen molar-refractivity contribution in [2.24, 2.45) is 5.73 Å². The summed E-state index contributed by atoms with van der Waals surface area (Å²) < 4.78 is 0. The summed E-state index contributed by atoms with van der Waals surface area (Å²) in [6.07, 6.45) is 2.15. The number of nitrogens with zero attached hydrogens (tertiary/aromatic N) is 2. The minimum atomic E-state index is 0.0997. The number of rotatable bonds is 6. The van der Waals surface area contributed by atoms with E-state index in [1.54, 1.807) is 0 Å². The van der Waals surface area contributed by atoms with E-state index in [1.807, 2.05) is 0 Å². The lowest BCUT2D eigenvalue weighted by atomic mass is 10.0. The van der Waals surface area contributed by atoms with Crippen LogP contribution in [0.3, 0.4) is 0 Å². The van der Waals surface area contributed by atoms with Crippen molar-refractivity contribution in [2.45, 2.75) is 38.8 Å². The Morgan fingerprint density at radius 1 is 1.19 bits per heavy atom. The fraction of sp³-hybridized carbons (Fsp3) is 1.00. The van der Waals surface area contributed by atoms with Crippen LogP contribution < -0.4 is 5.73 Å². The number of aliphatic hydroxyl groups is 1. The van der Waals surface area contributed by atoms with Gasteiger partial charge >= 0.3 is 0 Å². The first-order valence-corrected chi connectivity index (χ1v) is 6.55. The maximum absolute atomic E-state index is 9.41. The summed E-state index contributed by atoms with van der Waals surface area (Å²) in [4.78, 5) is 4.84. The van der Waals surface area contributed by atoms with E-state index in [0.717, 1.165) is 32.6 Å². The molecule has 0 bridgehead atoms. The van der Waals surface area contributed by atoms with E-state index in [9.17, 15) is 5.11 Å². The molecule has 0 aromatic heterocycles. The quantitative estimate of drug-likeness (QED) is 0.679. The highest BCUT2D eigenvalue weighted by Crippen LogP contribution is 2.10. The summed E-state index contributed by atoms with van der Waals surface area (Å²) in [6.45, 7) is 9.98. The zero-order chi connectivity index (χ0) is 12.0. The van der Waals surface area contributed by atoms with Crippen LogP contribution in [0.1, 0.15) is 26.7 Å². The Balaban J connectivity index is 2.38. The summed E-state index contributed by atoms with van der Waals surface area (Å²) in [5, 5.41) is 9.41. The van der Waals surface area contributed by atoms with E-state index >= 15 is 0 Å². The monoisotopic (exact) mass is 229 g/mol. The number of hydrogen-bond acceptors (Lipinski definition) is 4. The molecule has 0 saturated carbocycles. The molecule has 0 aromatic carbocycles. The zero-order valence-corrected chi connectivity index (χ0v) is 10.7. The molecule has 1 saturated heterocycles. The maximum Gasteiger partial charge on any atom is 0.0601 e. The standard InChI is InChI=1S/C12H27N3O/c1-3-5-14-6-8-15(9-7-14)12(10-16)11(13)4-2/h11-12,16H,3-10,13H2,1-2H3. The van der Waals surface area contributed by atoms with Gasteiger partial charge in [-0.15, -0.1) is 0 Å². The Morgan fingerprint density at radius 2 is 1.81 bits per heavy atom. The molecule has 1 aliphatic heterocycles. The van der Waals surface area contributed by atoms with Crippen LogP contribution in [0.25, 0.3) is 0 Å². The van der Waals surface area contributed by atoms with E-state index in [4.69, 9.17) is 5.73 Å². The van der Waals surface area contributed by atoms with Crippen molar-refractivity contribution in [3.63, 3.8) is 0 Å². The third-order valence-electron chi connectivity index (χ3n) is 3.57. The number of hydrogen-bond donors (Lipinski definition) is 2. The predicted octanol–water partition coefficient (Wildman–Crippen LogP) is 0.112. The van der Waals surface area contributed by atoms with Gasteiger partial charge in [0.1, 0.15) is 0 Å². The largest absolute Gasteiger partial charge is 0.395 e. The molecule has 4 heteroatoms. The lowest BCUT2D eigenvalue weighted by Crippen LogP contribution is -2.56. The van der Waals surface area contributed by atoms with Crippen molar-refractivity contribution in [3.05, 3.63) is 0 Å². The lowest BCUT2D eigenvalue weighted by Gasteiger charge is -2.40. The summed E-state index contributed by atoms with van der Waals surface area (Å²) in [6, 6.07) is 0.247. The molecule has 96 valence electrons. The van der Waals surface area contributed by atoms with Gasteiger partial charge < -0.3 is 15.7 Å². The fourth-order valence-corrected chi connectivity index (χ4v) is 2.43. The van der Waals surface area contributed by atoms with Crippen LogP contribution in [0, 0.1) is 0 Å². The van der Waals surface area contributed by atoms with Crippen molar-refractivity contribution in [1.82, 2.24) is 9.80 Å². The van der Waals surface area contributed by atoms with Gasteiger partial charge in [-0.05, 0) is 19.4 Å². The van der Waals surface area contributed by atoms with Crippen LogP contribution in [0.2, 0.25) is 0 Å². The molecule has 0 aromatic rings. The SMILES string of the molecule is CCCN1CCN(C(CO)C(N)CC)CC1. The van der Waals surface area contributed by atoms with Gasteiger partial charge in [-0.3, -0.25) is 4.90 Å². The first kappa shape index (κ1) is 13.9. The van der Waals surface area contributed by atoms with Crippen molar-refractivity contribution in [1.29, 1.82) is 0 Å². The van der Waals surface area contributed by atoms with Crippen molar-refractivity contribution >= 4 is 0 Å². The Hall–Kier alpha value is -0.160. The third kappa shape index (κ3) is 3.70. The highest BCUT2D eigenvalue weighted by atomic mass is 16.3. The average molecular weight is 229 g/mol. The molecular weight excluding hydrogens is 202 g/mol. The molecule has 1 aliphatic rings. The Bertz CT molecular complexity index is 181. The highest BCUT2D eigenvalue weighted by Gasteiger charge is 2.26. The van der Waals surface area contributed by atoms with E-state index in [-0.39, 0.29) is 18.7 Å². The van der Waals surface area contributed by atoms with Gasteiger partial charge in [0.05, 0.1) is 6.61 Å². The second-order valence-corrected chi connectivity index (χ2v) is 4.70. The summed E-state index contributed by atoms with van der Waals surface area (Å²) >= 11 is 0. The molecule has 1 fully saturated rings. The Labute approximate surface area is 99.4 Å². The molecule has 0 spiro atoms. The van der Waals surface area contributed by atoms with Crippen LogP contribution in [0.5, 0.6) is 0 Å². The molecule has 1 heterocycles. The minimum Gasteiger partial charge on any atom is -0.395 e. The topological polar surface area (TPSA) is 52.7 Å². The van der Waals surface area contributed by atoms with Crippen molar-refractivity contribution < 1.29 is 5.11 Å². The maximum atomic E-state index is 9.41. The first-order chi connectivity index (χ1) is 7.72. The molecule has 3 N–H and O–H groups in total. The molecule has 2 unspecified atom stereocenters. The molecule has 4 nitrogen and oxygen atoms in total. The van der Waals surface area contributed by atoms with Crippen LogP contribution in [-0.4, -0.2) is 66.3 Å². The van der Waals surface area contributed by atoms with E-state index < -0.39 is 0 Å². The van der Waals surface area contributed by atoms with Crippen molar-refractivity contribution in [2.75, 3.05) is 39.3 Å². The fourth-order valence-electron chi connectivity index (χ4n) is 2.43. The van der Waals surface area contributed by atoms with Crippen LogP contribution in [-0.2, 0) is 0 Å². The first-order valence-electron chi connectivity index (χ1n) is 6.55. The number of aliphatic hydroxyl groups excluding tert-OH is 1. The molecule has 2 atom stereocenters. The summed E-state index contributed by atoms with van der Waals surface area (Å²) in [7, 11) is 0. The van der Waals surface area contributed by atoms with Crippen LogP contribution >= 0.6 is 0 Å². The van der Waals surface area contributed by atoms with E-state index in [0.29, 0.717) is 0 Å². The molecule has 0 radical (unpaired) electrons. The predicted molar refractivity (Wildman–Crippen MR) is 67.4 cm³/mol. The van der Waals surface area contributed by atoms with Crippen LogP contribution in [0.15, 0.2) is 0 Å². The average Bonchev–Trinajstić information content (AvgIpc) is 2.32. The normalized spacial score (nSPS) is 23.2. The van der Waals surface area contributed by atoms with Gasteiger partial charge in [0, 0.05) is 38.3 Å². The third-order valence-corrected chi connectivity index (χ3v) is 3.57. The van der Waals surface area contributed by atoms with Gasteiger partial charge in [-0.1, -0.05) is 13.8 Å². The van der Waals surface area contributed by atoms with Crippen LogP contribution in [0.4, 0.5) is 0 Å². The molecule has 0 amide bonds. The smallest absolute Gasteiger partial charge is 0.0601 e. The molecule has 0 aliphatic carbocycles. The Kier molecular flexibility index (Phi) is 6.28. The van der Waals surface area contributed by atoms with Gasteiger partial charge in [0.25, 0.3) is 0 Å². The van der Waals surface area contributed by atoms with Gasteiger partial charge in [-0.25, -0.2) is 0 Å². The molecule has 1 rings (SSSR count). The molecular formula is C12H27N3O. The van der Waals surface area contributed by atoms with Gasteiger partial charge in [0.2, 0.25) is 0 Å². The van der Waals surface area contributed by atoms with Crippen molar-refractivity contribution in [3.8, 4) is 0 Å². The highest BCUT2D eigenvalue weighted by molar-refractivity contribution is 4.84. The second kappa shape index (κ2) is 7.22. The van der Waals surface area contributed by atoms with E-state index in [2.05, 4.69) is 23.6 Å². The summed E-state index contributed by atoms with van der Waals surface area (Å²) in [5.41, 5.74) is 6.04. The number of nitrogens with two attached hydrogens (primary N) is 1. The minimum absolute atomic E-state index is 0.0997.